The molecule has 18 heavy (non-hydrogen) atoms. The highest BCUT2D eigenvalue weighted by atomic mass is 15.2. The Labute approximate surface area is 109 Å². The van der Waals surface area contributed by atoms with Gasteiger partial charge in [0.15, 0.2) is 0 Å². The molecule has 3 heteroatoms. The molecule has 1 saturated carbocycles. The van der Waals surface area contributed by atoms with Gasteiger partial charge in [0.1, 0.15) is 5.82 Å². The third kappa shape index (κ3) is 2.91. The van der Waals surface area contributed by atoms with Crippen LogP contribution in [0.15, 0.2) is 29.8 Å². The summed E-state index contributed by atoms with van der Waals surface area (Å²) in [6.45, 7) is 5.20. The molecule has 1 aromatic rings. The zero-order chi connectivity index (χ0) is 12.4. The molecule has 0 aromatic carbocycles. The number of hydrogen-bond acceptors (Lipinski definition) is 3. The third-order valence-corrected chi connectivity index (χ3v) is 3.70. The molecule has 1 fully saturated rings. The standard InChI is InChI=1S/C15H21N3/c1-12-7-9-18(10-8-12)15-4-2-3-14(17-15)11-16-13-5-6-13/h2-4,7,13,16H,5-6,8-11H2,1H3. The lowest BCUT2D eigenvalue weighted by Gasteiger charge is -2.26. The van der Waals surface area contributed by atoms with E-state index in [1.165, 1.54) is 18.4 Å². The van der Waals surface area contributed by atoms with Gasteiger partial charge in [-0.15, -0.1) is 0 Å². The Morgan fingerprint density at radius 3 is 3.00 bits per heavy atom. The molecule has 1 aliphatic carbocycles. The second kappa shape index (κ2) is 5.11. The summed E-state index contributed by atoms with van der Waals surface area (Å²) < 4.78 is 0. The highest BCUT2D eigenvalue weighted by Gasteiger charge is 2.20. The molecule has 1 N–H and O–H groups in total. The van der Waals surface area contributed by atoms with Gasteiger partial charge in [-0.25, -0.2) is 4.98 Å². The minimum Gasteiger partial charge on any atom is -0.353 e. The highest BCUT2D eigenvalue weighted by Crippen LogP contribution is 2.20. The van der Waals surface area contributed by atoms with E-state index in [4.69, 9.17) is 4.98 Å². The summed E-state index contributed by atoms with van der Waals surface area (Å²) in [4.78, 5) is 7.11. The fourth-order valence-corrected chi connectivity index (χ4v) is 2.26. The number of nitrogens with zero attached hydrogens (tertiary/aromatic N) is 2. The van der Waals surface area contributed by atoms with Gasteiger partial charge in [0.05, 0.1) is 5.69 Å². The number of anilines is 1. The molecule has 0 atom stereocenters. The molecule has 0 bridgehead atoms. The number of rotatable bonds is 4. The van der Waals surface area contributed by atoms with Crippen LogP contribution in [0.2, 0.25) is 0 Å². The lowest BCUT2D eigenvalue weighted by Crippen LogP contribution is -2.29. The van der Waals surface area contributed by atoms with E-state index in [-0.39, 0.29) is 0 Å². The van der Waals surface area contributed by atoms with Crippen LogP contribution in [0, 0.1) is 0 Å². The Bertz CT molecular complexity index is 449. The van der Waals surface area contributed by atoms with Crippen molar-refractivity contribution in [2.75, 3.05) is 18.0 Å². The van der Waals surface area contributed by atoms with Crippen LogP contribution in [0.4, 0.5) is 5.82 Å². The molecule has 3 rings (SSSR count). The SMILES string of the molecule is CC1=CCN(c2cccc(CNC3CC3)n2)CC1. The van der Waals surface area contributed by atoms with Crippen molar-refractivity contribution >= 4 is 5.82 Å². The van der Waals surface area contributed by atoms with Crippen molar-refractivity contribution in [3.63, 3.8) is 0 Å². The maximum Gasteiger partial charge on any atom is 0.129 e. The van der Waals surface area contributed by atoms with E-state index in [0.29, 0.717) is 0 Å². The zero-order valence-electron chi connectivity index (χ0n) is 11.0. The lowest BCUT2D eigenvalue weighted by atomic mass is 10.1. The van der Waals surface area contributed by atoms with Gasteiger partial charge in [0, 0.05) is 25.7 Å². The summed E-state index contributed by atoms with van der Waals surface area (Å²) >= 11 is 0. The Balaban J connectivity index is 1.65. The molecule has 1 aromatic heterocycles. The lowest BCUT2D eigenvalue weighted by molar-refractivity contribution is 0.671. The highest BCUT2D eigenvalue weighted by molar-refractivity contribution is 5.41. The summed E-state index contributed by atoms with van der Waals surface area (Å²) in [5.74, 6) is 1.12. The Morgan fingerprint density at radius 1 is 1.39 bits per heavy atom. The van der Waals surface area contributed by atoms with Crippen molar-refractivity contribution in [1.82, 2.24) is 10.3 Å². The van der Waals surface area contributed by atoms with Gasteiger partial charge < -0.3 is 10.2 Å². The Kier molecular flexibility index (Phi) is 3.33. The van der Waals surface area contributed by atoms with Crippen molar-refractivity contribution in [3.8, 4) is 0 Å². The van der Waals surface area contributed by atoms with Crippen LogP contribution in [-0.2, 0) is 6.54 Å². The fourth-order valence-electron chi connectivity index (χ4n) is 2.26. The molecule has 2 aliphatic rings. The number of hydrogen-bond donors (Lipinski definition) is 1. The second-order valence-corrected chi connectivity index (χ2v) is 5.39. The molecule has 0 amide bonds. The molecule has 0 unspecified atom stereocenters. The van der Waals surface area contributed by atoms with Gasteiger partial charge in [-0.05, 0) is 38.3 Å². The first kappa shape index (κ1) is 11.7. The molecule has 2 heterocycles. The molecule has 0 saturated heterocycles. The van der Waals surface area contributed by atoms with E-state index in [1.54, 1.807) is 0 Å². The monoisotopic (exact) mass is 243 g/mol. The van der Waals surface area contributed by atoms with Gasteiger partial charge in [-0.1, -0.05) is 17.7 Å². The minimum atomic E-state index is 0.746. The normalized spacial score (nSPS) is 19.8. The van der Waals surface area contributed by atoms with Gasteiger partial charge in [-0.2, -0.15) is 0 Å². The minimum absolute atomic E-state index is 0.746. The Morgan fingerprint density at radius 2 is 2.28 bits per heavy atom. The van der Waals surface area contributed by atoms with Gasteiger partial charge in [-0.3, -0.25) is 0 Å². The van der Waals surface area contributed by atoms with E-state index >= 15 is 0 Å². The van der Waals surface area contributed by atoms with Gasteiger partial charge in [0.2, 0.25) is 0 Å². The predicted octanol–water partition coefficient (Wildman–Crippen LogP) is 2.49. The summed E-state index contributed by atoms with van der Waals surface area (Å²) in [5, 5.41) is 3.52. The van der Waals surface area contributed by atoms with Crippen molar-refractivity contribution < 1.29 is 0 Å². The largest absolute Gasteiger partial charge is 0.353 e. The summed E-state index contributed by atoms with van der Waals surface area (Å²) in [6.07, 6.45) is 6.12. The number of nitrogens with one attached hydrogen (secondary N) is 1. The smallest absolute Gasteiger partial charge is 0.129 e. The van der Waals surface area contributed by atoms with E-state index < -0.39 is 0 Å². The predicted molar refractivity (Wildman–Crippen MR) is 74.7 cm³/mol. The maximum absolute atomic E-state index is 4.76. The number of aromatic nitrogens is 1. The summed E-state index contributed by atoms with van der Waals surface area (Å²) in [5.41, 5.74) is 2.66. The molecule has 0 spiro atoms. The van der Waals surface area contributed by atoms with Crippen LogP contribution in [0.5, 0.6) is 0 Å². The number of pyridine rings is 1. The maximum atomic E-state index is 4.76. The van der Waals surface area contributed by atoms with E-state index in [9.17, 15) is 0 Å². The van der Waals surface area contributed by atoms with Crippen LogP contribution in [0.25, 0.3) is 0 Å². The van der Waals surface area contributed by atoms with Crippen LogP contribution in [-0.4, -0.2) is 24.1 Å². The van der Waals surface area contributed by atoms with Crippen molar-refractivity contribution in [1.29, 1.82) is 0 Å². The molecule has 1 aliphatic heterocycles. The molecule has 96 valence electrons. The molecule has 3 nitrogen and oxygen atoms in total. The van der Waals surface area contributed by atoms with E-state index in [0.717, 1.165) is 43.6 Å². The van der Waals surface area contributed by atoms with Crippen LogP contribution in [0.3, 0.4) is 0 Å². The van der Waals surface area contributed by atoms with Crippen molar-refractivity contribution in [3.05, 3.63) is 35.5 Å². The quantitative estimate of drug-likeness (QED) is 0.824. The van der Waals surface area contributed by atoms with Crippen molar-refractivity contribution in [2.24, 2.45) is 0 Å². The van der Waals surface area contributed by atoms with Crippen LogP contribution in [0.1, 0.15) is 31.9 Å². The molecule has 0 radical (unpaired) electrons. The van der Waals surface area contributed by atoms with E-state index in [2.05, 4.69) is 41.4 Å². The third-order valence-electron chi connectivity index (χ3n) is 3.70. The van der Waals surface area contributed by atoms with Crippen molar-refractivity contribution in [2.45, 2.75) is 38.8 Å². The first-order valence-corrected chi connectivity index (χ1v) is 6.91. The van der Waals surface area contributed by atoms with E-state index in [1.807, 2.05) is 0 Å². The van der Waals surface area contributed by atoms with Gasteiger partial charge in [0.25, 0.3) is 0 Å². The molecular formula is C15H21N3. The van der Waals surface area contributed by atoms with Crippen LogP contribution >= 0.6 is 0 Å². The first-order chi connectivity index (χ1) is 8.81. The average Bonchev–Trinajstić information content (AvgIpc) is 3.22. The average molecular weight is 243 g/mol. The van der Waals surface area contributed by atoms with Gasteiger partial charge >= 0.3 is 0 Å². The molecular weight excluding hydrogens is 222 g/mol. The zero-order valence-corrected chi connectivity index (χ0v) is 11.0. The summed E-state index contributed by atoms with van der Waals surface area (Å²) in [7, 11) is 0. The topological polar surface area (TPSA) is 28.2 Å². The fraction of sp³-hybridized carbons (Fsp3) is 0.533. The van der Waals surface area contributed by atoms with Crippen LogP contribution < -0.4 is 10.2 Å². The Hall–Kier alpha value is -1.35. The summed E-state index contributed by atoms with van der Waals surface area (Å²) in [6, 6.07) is 7.10. The second-order valence-electron chi connectivity index (χ2n) is 5.39. The first-order valence-electron chi connectivity index (χ1n) is 6.91.